The predicted octanol–water partition coefficient (Wildman–Crippen LogP) is 3.26. The van der Waals surface area contributed by atoms with Crippen LogP contribution in [0.2, 0.25) is 0 Å². The van der Waals surface area contributed by atoms with E-state index in [1.165, 1.54) is 35.5 Å². The normalized spacial score (nSPS) is 11.8. The van der Waals surface area contributed by atoms with Crippen LogP contribution in [0.5, 0.6) is 5.75 Å². The van der Waals surface area contributed by atoms with Gasteiger partial charge in [0.15, 0.2) is 0 Å². The van der Waals surface area contributed by atoms with Crippen LogP contribution < -0.4 is 9.46 Å². The predicted molar refractivity (Wildman–Crippen MR) is 114 cm³/mol. The van der Waals surface area contributed by atoms with E-state index >= 15 is 0 Å². The minimum absolute atomic E-state index is 0.0621. The molecule has 0 saturated carbocycles. The minimum Gasteiger partial charge on any atom is -0.495 e. The topological polar surface area (TPSA) is 88.6 Å². The number of rotatable bonds is 7. The molecular weight excluding hydrogens is 410 g/mol. The number of aromatic nitrogens is 1. The van der Waals surface area contributed by atoms with Crippen LogP contribution in [0.4, 0.5) is 0 Å². The van der Waals surface area contributed by atoms with Crippen molar-refractivity contribution in [2.75, 3.05) is 14.2 Å². The summed E-state index contributed by atoms with van der Waals surface area (Å²) in [6.07, 6.45) is 0. The second kappa shape index (κ2) is 8.48. The summed E-state index contributed by atoms with van der Waals surface area (Å²) in [5.74, 6) is -0.114. The summed E-state index contributed by atoms with van der Waals surface area (Å²) in [7, 11) is -0.757. The molecule has 0 saturated heterocycles. The number of ether oxygens (including phenoxy) is 1. The van der Waals surface area contributed by atoms with Crippen LogP contribution in [-0.2, 0) is 16.6 Å². The summed E-state index contributed by atoms with van der Waals surface area (Å²) in [6.45, 7) is 3.78. The Labute approximate surface area is 174 Å². The summed E-state index contributed by atoms with van der Waals surface area (Å²) in [5, 5.41) is 0.810. The Hall–Kier alpha value is -2.49. The fraction of sp³-hybridized carbons (Fsp3) is 0.300. The van der Waals surface area contributed by atoms with Gasteiger partial charge in [-0.1, -0.05) is 12.1 Å². The Balaban J connectivity index is 1.87. The smallest absolute Gasteiger partial charge is 0.254 e. The van der Waals surface area contributed by atoms with Crippen LogP contribution in [0.25, 0.3) is 10.2 Å². The Morgan fingerprint density at radius 1 is 1.24 bits per heavy atom. The lowest BCUT2D eigenvalue weighted by Crippen LogP contribution is -2.31. The number of hydrogen-bond donors (Lipinski definition) is 1. The van der Waals surface area contributed by atoms with Gasteiger partial charge in [0, 0.05) is 18.7 Å². The molecule has 0 aliphatic rings. The van der Waals surface area contributed by atoms with Gasteiger partial charge in [-0.2, -0.15) is 0 Å². The van der Waals surface area contributed by atoms with Gasteiger partial charge in [0.25, 0.3) is 5.91 Å². The van der Waals surface area contributed by atoms with Crippen molar-refractivity contribution >= 4 is 37.5 Å². The number of carbonyl (C=O) groups is 1. The van der Waals surface area contributed by atoms with Crippen molar-refractivity contribution in [3.63, 3.8) is 0 Å². The molecule has 1 N–H and O–H groups in total. The first-order valence-electron chi connectivity index (χ1n) is 9.01. The van der Waals surface area contributed by atoms with Crippen molar-refractivity contribution in [2.45, 2.75) is 31.3 Å². The molecule has 1 heterocycles. The number of nitrogens with one attached hydrogen (secondary N) is 1. The van der Waals surface area contributed by atoms with E-state index in [0.29, 0.717) is 6.54 Å². The molecule has 9 heteroatoms. The highest BCUT2D eigenvalue weighted by atomic mass is 32.2. The maximum absolute atomic E-state index is 12.9. The van der Waals surface area contributed by atoms with E-state index in [4.69, 9.17) is 4.74 Å². The van der Waals surface area contributed by atoms with Crippen molar-refractivity contribution in [2.24, 2.45) is 0 Å². The molecule has 0 atom stereocenters. The molecule has 0 unspecified atom stereocenters. The van der Waals surface area contributed by atoms with Crippen LogP contribution >= 0.6 is 11.3 Å². The molecule has 0 aliphatic carbocycles. The first kappa shape index (κ1) is 21.2. The molecular formula is C20H23N3O4S2. The second-order valence-electron chi connectivity index (χ2n) is 6.88. The van der Waals surface area contributed by atoms with Gasteiger partial charge < -0.3 is 9.64 Å². The number of hydrogen-bond acceptors (Lipinski definition) is 6. The molecule has 0 radical (unpaired) electrons. The molecule has 29 heavy (non-hydrogen) atoms. The molecule has 1 amide bonds. The summed E-state index contributed by atoms with van der Waals surface area (Å²) < 4.78 is 34.0. The number of para-hydroxylation sites is 1. The van der Waals surface area contributed by atoms with E-state index in [9.17, 15) is 13.2 Å². The van der Waals surface area contributed by atoms with E-state index in [0.717, 1.165) is 15.2 Å². The lowest BCUT2D eigenvalue weighted by Gasteiger charge is -2.18. The van der Waals surface area contributed by atoms with Gasteiger partial charge in [0.1, 0.15) is 15.7 Å². The molecule has 7 nitrogen and oxygen atoms in total. The maximum atomic E-state index is 12.9. The van der Waals surface area contributed by atoms with Crippen molar-refractivity contribution < 1.29 is 17.9 Å². The minimum atomic E-state index is -3.82. The molecule has 3 aromatic rings. The Bertz CT molecular complexity index is 1110. The lowest BCUT2D eigenvalue weighted by molar-refractivity contribution is 0.0784. The largest absolute Gasteiger partial charge is 0.495 e. The number of thiazole rings is 1. The highest BCUT2D eigenvalue weighted by molar-refractivity contribution is 7.89. The number of fused-ring (bicyclic) bond motifs is 1. The molecule has 3 rings (SSSR count). The SMILES string of the molecule is COc1ccc(C(=O)N(C)Cc2nc3ccccc3s2)cc1S(=O)(=O)NC(C)C. The number of carbonyl (C=O) groups excluding carboxylic acids is 1. The highest BCUT2D eigenvalue weighted by Gasteiger charge is 2.23. The van der Waals surface area contributed by atoms with Crippen LogP contribution in [0.15, 0.2) is 47.4 Å². The van der Waals surface area contributed by atoms with Gasteiger partial charge in [0.2, 0.25) is 10.0 Å². The molecule has 1 aromatic heterocycles. The van der Waals surface area contributed by atoms with E-state index in [2.05, 4.69) is 9.71 Å². The van der Waals surface area contributed by atoms with Crippen LogP contribution in [0.1, 0.15) is 29.2 Å². The van der Waals surface area contributed by atoms with Crippen molar-refractivity contribution in [1.29, 1.82) is 0 Å². The number of nitrogens with zero attached hydrogens (tertiary/aromatic N) is 2. The Morgan fingerprint density at radius 3 is 2.62 bits per heavy atom. The molecule has 0 spiro atoms. The summed E-state index contributed by atoms with van der Waals surface area (Å²) >= 11 is 1.53. The number of amides is 1. The molecule has 0 aliphatic heterocycles. The number of sulfonamides is 1. The number of benzene rings is 2. The fourth-order valence-electron chi connectivity index (χ4n) is 2.88. The molecule has 0 bridgehead atoms. The van der Waals surface area contributed by atoms with Gasteiger partial charge in [-0.05, 0) is 44.2 Å². The summed E-state index contributed by atoms with van der Waals surface area (Å²) in [4.78, 5) is 18.9. The second-order valence-corrected chi connectivity index (χ2v) is 9.68. The van der Waals surface area contributed by atoms with Gasteiger partial charge in [0.05, 0.1) is 23.9 Å². The van der Waals surface area contributed by atoms with Gasteiger partial charge in [-0.25, -0.2) is 18.1 Å². The van der Waals surface area contributed by atoms with Crippen molar-refractivity contribution in [3.8, 4) is 5.75 Å². The summed E-state index contributed by atoms with van der Waals surface area (Å²) in [6, 6.07) is 11.9. The van der Waals surface area contributed by atoms with Crippen LogP contribution in [-0.4, -0.2) is 44.4 Å². The third-order valence-electron chi connectivity index (χ3n) is 4.15. The highest BCUT2D eigenvalue weighted by Crippen LogP contribution is 2.27. The van der Waals surface area contributed by atoms with Gasteiger partial charge >= 0.3 is 0 Å². The van der Waals surface area contributed by atoms with Gasteiger partial charge in [-0.15, -0.1) is 11.3 Å². The van der Waals surface area contributed by atoms with Crippen molar-refractivity contribution in [1.82, 2.24) is 14.6 Å². The zero-order chi connectivity index (χ0) is 21.2. The van der Waals surface area contributed by atoms with Crippen molar-refractivity contribution in [3.05, 3.63) is 53.0 Å². The average Bonchev–Trinajstić information content (AvgIpc) is 3.08. The Morgan fingerprint density at radius 2 is 1.97 bits per heavy atom. The number of methoxy groups -OCH3 is 1. The molecule has 2 aromatic carbocycles. The average molecular weight is 434 g/mol. The molecule has 154 valence electrons. The first-order chi connectivity index (χ1) is 13.7. The first-order valence-corrected chi connectivity index (χ1v) is 11.3. The van der Waals surface area contributed by atoms with E-state index in [1.54, 1.807) is 27.0 Å². The van der Waals surface area contributed by atoms with E-state index in [-0.39, 0.29) is 28.2 Å². The van der Waals surface area contributed by atoms with Crippen LogP contribution in [0, 0.1) is 0 Å². The van der Waals surface area contributed by atoms with E-state index in [1.807, 2.05) is 24.3 Å². The standard InChI is InChI=1S/C20H23N3O4S2/c1-13(2)22-29(25,26)18-11-14(9-10-16(18)27-4)20(24)23(3)12-19-21-15-7-5-6-8-17(15)28-19/h5-11,13,22H,12H2,1-4H3. The maximum Gasteiger partial charge on any atom is 0.254 e. The Kier molecular flexibility index (Phi) is 6.21. The monoisotopic (exact) mass is 433 g/mol. The zero-order valence-electron chi connectivity index (χ0n) is 16.7. The lowest BCUT2D eigenvalue weighted by atomic mass is 10.2. The van der Waals surface area contributed by atoms with Crippen LogP contribution in [0.3, 0.4) is 0 Å². The fourth-order valence-corrected chi connectivity index (χ4v) is 5.34. The molecule has 0 fully saturated rings. The quantitative estimate of drug-likeness (QED) is 0.618. The summed E-state index contributed by atoms with van der Waals surface area (Å²) in [5.41, 5.74) is 1.16. The zero-order valence-corrected chi connectivity index (χ0v) is 18.3. The van der Waals surface area contributed by atoms with E-state index < -0.39 is 10.0 Å². The third-order valence-corrected chi connectivity index (χ3v) is 6.85. The third kappa shape index (κ3) is 4.75. The van der Waals surface area contributed by atoms with Gasteiger partial charge in [-0.3, -0.25) is 4.79 Å².